The molecular formula is C22H27N3O3. The largest absolute Gasteiger partial charge is 0.489 e. The lowest BCUT2D eigenvalue weighted by molar-refractivity contribution is -0.116. The number of benzene rings is 2. The average Bonchev–Trinajstić information content (AvgIpc) is 2.66. The molecule has 6 nitrogen and oxygen atoms in total. The van der Waals surface area contributed by atoms with Crippen molar-refractivity contribution in [3.8, 4) is 5.75 Å². The van der Waals surface area contributed by atoms with Gasteiger partial charge in [-0.3, -0.25) is 9.59 Å². The number of nitrogens with one attached hydrogen (secondary N) is 3. The number of hydrogen-bond acceptors (Lipinski definition) is 4. The van der Waals surface area contributed by atoms with Crippen LogP contribution in [0.1, 0.15) is 26.7 Å². The highest BCUT2D eigenvalue weighted by Crippen LogP contribution is 2.17. The van der Waals surface area contributed by atoms with E-state index in [1.54, 1.807) is 30.3 Å². The van der Waals surface area contributed by atoms with Gasteiger partial charge < -0.3 is 20.7 Å². The number of hydrogen-bond donors (Lipinski definition) is 3. The smallest absolute Gasteiger partial charge is 0.243 e. The molecule has 0 heterocycles. The Bertz CT molecular complexity index is 816. The number of rotatable bonds is 10. The molecule has 0 aromatic heterocycles. The molecule has 0 aliphatic carbocycles. The second-order valence-corrected chi connectivity index (χ2v) is 6.55. The number of ether oxygens (including phenoxy) is 1. The van der Waals surface area contributed by atoms with E-state index < -0.39 is 0 Å². The molecule has 0 saturated carbocycles. The van der Waals surface area contributed by atoms with Crippen LogP contribution in [0.2, 0.25) is 0 Å². The Kier molecular flexibility index (Phi) is 8.09. The third kappa shape index (κ3) is 7.53. The lowest BCUT2D eigenvalue weighted by Crippen LogP contribution is -2.21. The first-order valence-electron chi connectivity index (χ1n) is 9.27. The van der Waals surface area contributed by atoms with Crippen LogP contribution in [0.25, 0.3) is 0 Å². The molecule has 148 valence electrons. The maximum atomic E-state index is 12.1. The minimum absolute atomic E-state index is 0.0203. The van der Waals surface area contributed by atoms with Crippen molar-refractivity contribution < 1.29 is 14.3 Å². The van der Waals surface area contributed by atoms with Crippen molar-refractivity contribution in [1.82, 2.24) is 0 Å². The van der Waals surface area contributed by atoms with Gasteiger partial charge in [0.1, 0.15) is 12.4 Å². The first kappa shape index (κ1) is 21.0. The molecule has 0 saturated heterocycles. The Balaban J connectivity index is 1.82. The molecule has 0 atom stereocenters. The quantitative estimate of drug-likeness (QED) is 0.532. The van der Waals surface area contributed by atoms with Crippen LogP contribution in [0.15, 0.2) is 60.7 Å². The van der Waals surface area contributed by atoms with Crippen LogP contribution in [0, 0.1) is 0 Å². The fourth-order valence-electron chi connectivity index (χ4n) is 2.39. The predicted molar refractivity (Wildman–Crippen MR) is 114 cm³/mol. The third-order valence-electron chi connectivity index (χ3n) is 3.70. The van der Waals surface area contributed by atoms with E-state index in [2.05, 4.69) is 22.5 Å². The van der Waals surface area contributed by atoms with Crippen LogP contribution in [0.5, 0.6) is 5.75 Å². The highest BCUT2D eigenvalue weighted by Gasteiger charge is 2.05. The lowest BCUT2D eigenvalue weighted by Gasteiger charge is -2.11. The highest BCUT2D eigenvalue weighted by molar-refractivity contribution is 5.94. The summed E-state index contributed by atoms with van der Waals surface area (Å²) < 4.78 is 5.53. The minimum atomic E-state index is -0.170. The van der Waals surface area contributed by atoms with Gasteiger partial charge in [-0.1, -0.05) is 19.6 Å². The molecule has 3 N–H and O–H groups in total. The molecule has 2 rings (SSSR count). The summed E-state index contributed by atoms with van der Waals surface area (Å²) >= 11 is 0. The van der Waals surface area contributed by atoms with E-state index in [9.17, 15) is 9.59 Å². The molecule has 0 spiro atoms. The zero-order valence-electron chi connectivity index (χ0n) is 16.4. The zero-order valence-corrected chi connectivity index (χ0v) is 16.4. The molecular weight excluding hydrogens is 354 g/mol. The van der Waals surface area contributed by atoms with Gasteiger partial charge in [0, 0.05) is 23.5 Å². The maximum absolute atomic E-state index is 12.1. The van der Waals surface area contributed by atoms with Crippen molar-refractivity contribution in [3.63, 3.8) is 0 Å². The Labute approximate surface area is 166 Å². The van der Waals surface area contributed by atoms with Crippen molar-refractivity contribution in [2.75, 3.05) is 29.1 Å². The van der Waals surface area contributed by atoms with Gasteiger partial charge in [0.2, 0.25) is 11.8 Å². The van der Waals surface area contributed by atoms with Crippen molar-refractivity contribution in [2.24, 2.45) is 0 Å². The number of carbonyl (C=O) groups is 2. The van der Waals surface area contributed by atoms with Gasteiger partial charge in [0.15, 0.2) is 0 Å². The van der Waals surface area contributed by atoms with E-state index >= 15 is 0 Å². The monoisotopic (exact) mass is 381 g/mol. The van der Waals surface area contributed by atoms with Gasteiger partial charge >= 0.3 is 0 Å². The van der Waals surface area contributed by atoms with Crippen LogP contribution in [0.3, 0.4) is 0 Å². The van der Waals surface area contributed by atoms with Crippen LogP contribution >= 0.6 is 0 Å². The van der Waals surface area contributed by atoms with E-state index in [0.29, 0.717) is 24.4 Å². The van der Waals surface area contributed by atoms with Gasteiger partial charge in [-0.05, 0) is 61.4 Å². The van der Waals surface area contributed by atoms with Crippen LogP contribution in [-0.2, 0) is 9.59 Å². The number of anilines is 3. The Morgan fingerprint density at radius 3 is 2.32 bits per heavy atom. The van der Waals surface area contributed by atoms with Gasteiger partial charge in [0.05, 0.1) is 6.54 Å². The van der Waals surface area contributed by atoms with Crippen molar-refractivity contribution in [3.05, 3.63) is 60.7 Å². The van der Waals surface area contributed by atoms with E-state index in [4.69, 9.17) is 4.74 Å². The summed E-state index contributed by atoms with van der Waals surface area (Å²) in [6.07, 6.45) is 1.28. The molecule has 28 heavy (non-hydrogen) atoms. The van der Waals surface area contributed by atoms with Gasteiger partial charge in [0.25, 0.3) is 0 Å². The fourth-order valence-corrected chi connectivity index (χ4v) is 2.39. The van der Waals surface area contributed by atoms with E-state index in [-0.39, 0.29) is 18.4 Å². The second kappa shape index (κ2) is 10.8. The summed E-state index contributed by atoms with van der Waals surface area (Å²) in [6.45, 7) is 8.22. The number of carbonyl (C=O) groups excluding carboxylic acids is 2. The van der Waals surface area contributed by atoms with Crippen LogP contribution in [0.4, 0.5) is 17.1 Å². The minimum Gasteiger partial charge on any atom is -0.489 e. The zero-order chi connectivity index (χ0) is 20.4. The summed E-state index contributed by atoms with van der Waals surface area (Å²) in [5.41, 5.74) is 3.09. The molecule has 0 unspecified atom stereocenters. The standard InChI is InChI=1S/C22H27N3O3/c1-4-6-21(26)25-19-8-5-7-18(13-19)23-14-22(27)24-17-9-11-20(12-10-17)28-15-16(2)3/h5,7-13,23H,2,4,6,14-15H2,1,3H3,(H,24,27)(H,25,26). The van der Waals surface area contributed by atoms with Crippen molar-refractivity contribution in [1.29, 1.82) is 0 Å². The topological polar surface area (TPSA) is 79.5 Å². The Morgan fingerprint density at radius 2 is 1.64 bits per heavy atom. The SMILES string of the molecule is C=C(C)COc1ccc(NC(=O)CNc2cccc(NC(=O)CCC)c2)cc1. The normalized spacial score (nSPS) is 10.1. The molecule has 0 bridgehead atoms. The van der Waals surface area contributed by atoms with E-state index in [1.807, 2.05) is 32.0 Å². The van der Waals surface area contributed by atoms with E-state index in [0.717, 1.165) is 23.4 Å². The first-order chi connectivity index (χ1) is 13.5. The van der Waals surface area contributed by atoms with Gasteiger partial charge in [-0.15, -0.1) is 0 Å². The molecule has 0 aliphatic rings. The van der Waals surface area contributed by atoms with Crippen molar-refractivity contribution >= 4 is 28.9 Å². The molecule has 2 aromatic rings. The average molecular weight is 381 g/mol. The summed E-state index contributed by atoms with van der Waals surface area (Å²) in [5.74, 6) is 0.533. The molecule has 0 fully saturated rings. The summed E-state index contributed by atoms with van der Waals surface area (Å²) in [6, 6.07) is 14.5. The molecule has 2 aromatic carbocycles. The van der Waals surface area contributed by atoms with E-state index in [1.165, 1.54) is 0 Å². The molecule has 6 heteroatoms. The van der Waals surface area contributed by atoms with Crippen molar-refractivity contribution in [2.45, 2.75) is 26.7 Å². The van der Waals surface area contributed by atoms with Crippen LogP contribution in [-0.4, -0.2) is 25.0 Å². The molecule has 0 radical (unpaired) electrons. The Hall–Kier alpha value is -3.28. The number of amides is 2. The summed E-state index contributed by atoms with van der Waals surface area (Å²) in [5, 5.41) is 8.72. The van der Waals surface area contributed by atoms with Gasteiger partial charge in [-0.2, -0.15) is 0 Å². The maximum Gasteiger partial charge on any atom is 0.243 e. The Morgan fingerprint density at radius 1 is 0.964 bits per heavy atom. The van der Waals surface area contributed by atoms with Gasteiger partial charge in [-0.25, -0.2) is 0 Å². The second-order valence-electron chi connectivity index (χ2n) is 6.55. The predicted octanol–water partition coefficient (Wildman–Crippen LogP) is 4.43. The lowest BCUT2D eigenvalue weighted by atomic mass is 10.2. The highest BCUT2D eigenvalue weighted by atomic mass is 16.5. The third-order valence-corrected chi connectivity index (χ3v) is 3.70. The molecule has 0 aliphatic heterocycles. The first-order valence-corrected chi connectivity index (χ1v) is 9.27. The fraction of sp³-hybridized carbons (Fsp3) is 0.273. The molecule has 2 amide bonds. The summed E-state index contributed by atoms with van der Waals surface area (Å²) in [7, 11) is 0. The van der Waals surface area contributed by atoms with Crippen LogP contribution < -0.4 is 20.7 Å². The summed E-state index contributed by atoms with van der Waals surface area (Å²) in [4.78, 5) is 23.8.